The largest absolute Gasteiger partial charge is 0.467 e. The summed E-state index contributed by atoms with van der Waals surface area (Å²) in [6, 6.07) is -1.56. The average Bonchev–Trinajstić information content (AvgIpc) is 3.10. The van der Waals surface area contributed by atoms with Crippen LogP contribution >= 0.6 is 0 Å². The molecule has 3 atom stereocenters. The fourth-order valence-corrected chi connectivity index (χ4v) is 3.23. The maximum Gasteiger partial charge on any atom is 0.411 e. The lowest BCUT2D eigenvalue weighted by atomic mass is 10.1. The van der Waals surface area contributed by atoms with Gasteiger partial charge in [0.1, 0.15) is 17.7 Å². The van der Waals surface area contributed by atoms with Gasteiger partial charge in [-0.3, -0.25) is 9.69 Å². The van der Waals surface area contributed by atoms with Crippen molar-refractivity contribution in [3.05, 3.63) is 0 Å². The number of ether oxygens (including phenoxy) is 2. The van der Waals surface area contributed by atoms with E-state index in [0.29, 0.717) is 19.4 Å². The van der Waals surface area contributed by atoms with Gasteiger partial charge >= 0.3 is 12.1 Å². The number of hydrogen-bond donors (Lipinski definition) is 1. The van der Waals surface area contributed by atoms with Gasteiger partial charge in [-0.2, -0.15) is 0 Å². The molecule has 2 fully saturated rings. The number of amides is 2. The summed E-state index contributed by atoms with van der Waals surface area (Å²) >= 11 is 0. The van der Waals surface area contributed by atoms with Crippen molar-refractivity contribution in [3.63, 3.8) is 0 Å². The highest BCUT2D eigenvalue weighted by Crippen LogP contribution is 2.26. The molecular weight excluding hydrogens is 314 g/mol. The summed E-state index contributed by atoms with van der Waals surface area (Å²) in [7, 11) is 1.31. The number of nitrogens with two attached hydrogens (primary N) is 1. The van der Waals surface area contributed by atoms with Gasteiger partial charge in [-0.1, -0.05) is 0 Å². The van der Waals surface area contributed by atoms with E-state index in [4.69, 9.17) is 15.2 Å². The average molecular weight is 341 g/mol. The molecule has 2 amide bonds. The van der Waals surface area contributed by atoms with Crippen LogP contribution in [0.5, 0.6) is 0 Å². The van der Waals surface area contributed by atoms with Crippen molar-refractivity contribution in [2.45, 2.75) is 63.8 Å². The molecule has 2 aliphatic heterocycles. The molecule has 2 aliphatic rings. The first-order chi connectivity index (χ1) is 11.1. The molecule has 2 saturated heterocycles. The number of carbonyl (C=O) groups excluding carboxylic acids is 3. The standard InChI is InChI=1S/C16H27N3O5/c1-16(2,3)24-15(22)19-9-10(17)8-12(19)13(20)18-7-5-6-11(18)14(21)23-4/h10-12H,5-9,17H2,1-4H3/t10-,11+,12+/m1/s1. The summed E-state index contributed by atoms with van der Waals surface area (Å²) in [5, 5.41) is 0. The smallest absolute Gasteiger partial charge is 0.411 e. The third-order valence-corrected chi connectivity index (χ3v) is 4.26. The molecule has 0 radical (unpaired) electrons. The highest BCUT2D eigenvalue weighted by molar-refractivity contribution is 5.90. The van der Waals surface area contributed by atoms with Crippen LogP contribution in [-0.2, 0) is 19.1 Å². The van der Waals surface area contributed by atoms with Gasteiger partial charge in [-0.25, -0.2) is 9.59 Å². The second-order valence-electron chi connectivity index (χ2n) is 7.36. The molecular formula is C16H27N3O5. The van der Waals surface area contributed by atoms with Crippen LogP contribution in [0.1, 0.15) is 40.0 Å². The molecule has 136 valence electrons. The zero-order chi connectivity index (χ0) is 18.1. The van der Waals surface area contributed by atoms with Gasteiger partial charge in [-0.15, -0.1) is 0 Å². The first kappa shape index (κ1) is 18.5. The topological polar surface area (TPSA) is 102 Å². The Bertz CT molecular complexity index is 516. The predicted octanol–water partition coefficient (Wildman–Crippen LogP) is 0.487. The first-order valence-electron chi connectivity index (χ1n) is 8.27. The van der Waals surface area contributed by atoms with Crippen molar-refractivity contribution < 1.29 is 23.9 Å². The summed E-state index contributed by atoms with van der Waals surface area (Å²) in [5.74, 6) is -0.686. The Balaban J connectivity index is 2.14. The SMILES string of the molecule is COC(=O)[C@@H]1CCCN1C(=O)[C@@H]1C[C@@H](N)CN1C(=O)OC(C)(C)C. The Labute approximate surface area is 142 Å². The normalized spacial score (nSPS) is 27.3. The van der Waals surface area contributed by atoms with Gasteiger partial charge in [0.25, 0.3) is 0 Å². The van der Waals surface area contributed by atoms with Gasteiger partial charge in [0.2, 0.25) is 5.91 Å². The minimum Gasteiger partial charge on any atom is -0.467 e. The summed E-state index contributed by atoms with van der Waals surface area (Å²) < 4.78 is 10.2. The quantitative estimate of drug-likeness (QED) is 0.733. The third-order valence-electron chi connectivity index (χ3n) is 4.26. The molecule has 0 spiro atoms. The molecule has 8 heteroatoms. The third kappa shape index (κ3) is 3.98. The lowest BCUT2D eigenvalue weighted by Gasteiger charge is -2.31. The molecule has 0 aromatic carbocycles. The van der Waals surface area contributed by atoms with Crippen LogP contribution in [-0.4, -0.2) is 71.7 Å². The van der Waals surface area contributed by atoms with Crippen LogP contribution in [0.3, 0.4) is 0 Å². The predicted molar refractivity (Wildman–Crippen MR) is 86.1 cm³/mol. The van der Waals surface area contributed by atoms with Crippen LogP contribution < -0.4 is 5.73 Å². The molecule has 8 nitrogen and oxygen atoms in total. The van der Waals surface area contributed by atoms with Crippen molar-refractivity contribution in [2.75, 3.05) is 20.2 Å². The minimum absolute atomic E-state index is 0.262. The lowest BCUT2D eigenvalue weighted by molar-refractivity contribution is -0.152. The number of rotatable bonds is 2. The summed E-state index contributed by atoms with van der Waals surface area (Å²) in [5.41, 5.74) is 5.31. The van der Waals surface area contributed by atoms with Gasteiger partial charge in [-0.05, 0) is 40.0 Å². The van der Waals surface area contributed by atoms with E-state index >= 15 is 0 Å². The molecule has 0 aromatic rings. The van der Waals surface area contributed by atoms with Gasteiger partial charge in [0.15, 0.2) is 0 Å². The van der Waals surface area contributed by atoms with Gasteiger partial charge in [0.05, 0.1) is 7.11 Å². The molecule has 2 heterocycles. The Morgan fingerprint density at radius 2 is 1.79 bits per heavy atom. The van der Waals surface area contributed by atoms with Crippen molar-refractivity contribution in [2.24, 2.45) is 5.73 Å². The molecule has 0 aromatic heterocycles. The molecule has 0 bridgehead atoms. The fraction of sp³-hybridized carbons (Fsp3) is 0.812. The fourth-order valence-electron chi connectivity index (χ4n) is 3.23. The summed E-state index contributed by atoms with van der Waals surface area (Å²) in [6.45, 7) is 6.05. The highest BCUT2D eigenvalue weighted by atomic mass is 16.6. The van der Waals surface area contributed by atoms with E-state index in [0.717, 1.165) is 6.42 Å². The van der Waals surface area contributed by atoms with Crippen LogP contribution in [0.25, 0.3) is 0 Å². The van der Waals surface area contributed by atoms with Gasteiger partial charge in [0, 0.05) is 19.1 Å². The number of esters is 1. The Kier molecular flexibility index (Phi) is 5.37. The maximum atomic E-state index is 12.9. The molecule has 0 saturated carbocycles. The van der Waals surface area contributed by atoms with E-state index in [9.17, 15) is 14.4 Å². The zero-order valence-corrected chi connectivity index (χ0v) is 14.8. The van der Waals surface area contributed by atoms with Crippen molar-refractivity contribution >= 4 is 18.0 Å². The summed E-state index contributed by atoms with van der Waals surface area (Å²) in [6.07, 6.45) is 1.12. The molecule has 2 N–H and O–H groups in total. The van der Waals surface area contributed by atoms with Gasteiger partial charge < -0.3 is 20.1 Å². The molecule has 2 rings (SSSR count). The van der Waals surface area contributed by atoms with Crippen molar-refractivity contribution in [1.29, 1.82) is 0 Å². The Morgan fingerprint density at radius 3 is 2.38 bits per heavy atom. The van der Waals surface area contributed by atoms with E-state index in [1.54, 1.807) is 20.8 Å². The Hall–Kier alpha value is -1.83. The second kappa shape index (κ2) is 6.96. The van der Waals surface area contributed by atoms with E-state index in [1.807, 2.05) is 0 Å². The number of methoxy groups -OCH3 is 1. The van der Waals surface area contributed by atoms with Crippen LogP contribution in [0.4, 0.5) is 4.79 Å². The van der Waals surface area contributed by atoms with E-state index in [1.165, 1.54) is 16.9 Å². The first-order valence-corrected chi connectivity index (χ1v) is 8.27. The van der Waals surface area contributed by atoms with E-state index in [-0.39, 0.29) is 18.5 Å². The molecule has 0 aliphatic carbocycles. The summed E-state index contributed by atoms with van der Waals surface area (Å²) in [4.78, 5) is 40.1. The van der Waals surface area contributed by atoms with Crippen LogP contribution in [0, 0.1) is 0 Å². The van der Waals surface area contributed by atoms with E-state index in [2.05, 4.69) is 0 Å². The second-order valence-corrected chi connectivity index (χ2v) is 7.36. The number of nitrogens with zero attached hydrogens (tertiary/aromatic N) is 2. The van der Waals surface area contributed by atoms with Crippen molar-refractivity contribution in [1.82, 2.24) is 9.80 Å². The maximum absolute atomic E-state index is 12.9. The number of likely N-dealkylation sites (tertiary alicyclic amines) is 2. The highest BCUT2D eigenvalue weighted by Gasteiger charge is 2.45. The van der Waals surface area contributed by atoms with Crippen LogP contribution in [0.2, 0.25) is 0 Å². The Morgan fingerprint density at radius 1 is 1.12 bits per heavy atom. The van der Waals surface area contributed by atoms with Crippen LogP contribution in [0.15, 0.2) is 0 Å². The lowest BCUT2D eigenvalue weighted by Crippen LogP contribution is -2.51. The monoisotopic (exact) mass is 341 g/mol. The number of hydrogen-bond acceptors (Lipinski definition) is 6. The molecule has 0 unspecified atom stereocenters. The zero-order valence-electron chi connectivity index (χ0n) is 14.8. The molecule has 24 heavy (non-hydrogen) atoms. The number of carbonyl (C=O) groups is 3. The minimum atomic E-state index is -0.694. The van der Waals surface area contributed by atoms with Crippen molar-refractivity contribution in [3.8, 4) is 0 Å². The van der Waals surface area contributed by atoms with E-state index < -0.39 is 29.7 Å².